The van der Waals surface area contributed by atoms with Crippen molar-refractivity contribution in [1.29, 1.82) is 0 Å². The molecule has 9 aromatic carbocycles. The van der Waals surface area contributed by atoms with Crippen LogP contribution in [0.15, 0.2) is 188 Å². The minimum Gasteiger partial charge on any atom is -0.453 e. The number of anilines is 3. The second kappa shape index (κ2) is 11.9. The Balaban J connectivity index is 1.15. The van der Waals surface area contributed by atoms with Crippen LogP contribution in [-0.4, -0.2) is 0 Å². The Morgan fingerprint density at radius 3 is 1.73 bits per heavy atom. The van der Waals surface area contributed by atoms with Gasteiger partial charge in [0.15, 0.2) is 11.5 Å². The van der Waals surface area contributed by atoms with Crippen molar-refractivity contribution in [2.75, 3.05) is 4.90 Å². The summed E-state index contributed by atoms with van der Waals surface area (Å²) in [5, 5.41) is 6.87. The Morgan fingerprint density at radius 1 is 0.333 bits per heavy atom. The Labute approximate surface area is 296 Å². The van der Waals surface area contributed by atoms with E-state index in [4.69, 9.17) is 9.47 Å². The first-order chi connectivity index (χ1) is 25.3. The second-order valence-corrected chi connectivity index (χ2v) is 12.9. The molecule has 3 heteroatoms. The van der Waals surface area contributed by atoms with E-state index < -0.39 is 0 Å². The smallest absolute Gasteiger partial charge is 0.172 e. The number of hydrogen-bond donors (Lipinski definition) is 0. The van der Waals surface area contributed by atoms with Crippen LogP contribution >= 0.6 is 0 Å². The first-order valence-corrected chi connectivity index (χ1v) is 17.3. The average molecular weight is 654 g/mol. The molecular formula is C48H31NO2. The van der Waals surface area contributed by atoms with Crippen LogP contribution in [0, 0.1) is 0 Å². The number of nitrogens with zero attached hydrogens (tertiary/aromatic N) is 1. The SMILES string of the molecule is c1ccc(-c2ccc(N(c3ccc(-c4cccc5ccccc45)cc3)c3ccc4c(c3)Oc3cccc5cccc(c35)O4)c3ccccc23)cc1. The van der Waals surface area contributed by atoms with E-state index in [1.807, 2.05) is 30.3 Å². The van der Waals surface area contributed by atoms with Crippen LogP contribution in [0.3, 0.4) is 0 Å². The van der Waals surface area contributed by atoms with Gasteiger partial charge in [0.25, 0.3) is 0 Å². The minimum absolute atomic E-state index is 0.666. The van der Waals surface area contributed by atoms with E-state index in [0.717, 1.165) is 44.7 Å². The molecule has 0 saturated heterocycles. The predicted molar refractivity (Wildman–Crippen MR) is 211 cm³/mol. The molecule has 0 saturated carbocycles. The molecule has 0 unspecified atom stereocenters. The highest BCUT2D eigenvalue weighted by Gasteiger charge is 2.23. The molecule has 0 amide bonds. The van der Waals surface area contributed by atoms with Crippen LogP contribution in [0.25, 0.3) is 54.6 Å². The van der Waals surface area contributed by atoms with Crippen LogP contribution < -0.4 is 14.4 Å². The lowest BCUT2D eigenvalue weighted by Gasteiger charge is -2.28. The van der Waals surface area contributed by atoms with Gasteiger partial charge in [-0.2, -0.15) is 0 Å². The van der Waals surface area contributed by atoms with Crippen LogP contribution in [0.2, 0.25) is 0 Å². The van der Waals surface area contributed by atoms with Gasteiger partial charge in [-0.25, -0.2) is 0 Å². The zero-order valence-corrected chi connectivity index (χ0v) is 27.7. The van der Waals surface area contributed by atoms with Gasteiger partial charge in [0, 0.05) is 17.1 Å². The summed E-state index contributed by atoms with van der Waals surface area (Å²) in [6.07, 6.45) is 0. The first-order valence-electron chi connectivity index (χ1n) is 17.3. The number of ether oxygens (including phenoxy) is 2. The molecule has 0 aliphatic carbocycles. The van der Waals surface area contributed by atoms with Crippen LogP contribution in [-0.2, 0) is 0 Å². The molecule has 0 spiro atoms. The molecule has 0 radical (unpaired) electrons. The van der Waals surface area contributed by atoms with Crippen LogP contribution in [0.1, 0.15) is 0 Å². The van der Waals surface area contributed by atoms with Crippen molar-refractivity contribution >= 4 is 49.4 Å². The van der Waals surface area contributed by atoms with E-state index in [9.17, 15) is 0 Å². The summed E-state index contributed by atoms with van der Waals surface area (Å²) in [6, 6.07) is 66.2. The highest BCUT2D eigenvalue weighted by molar-refractivity contribution is 6.06. The van der Waals surface area contributed by atoms with Gasteiger partial charge in [0.1, 0.15) is 11.5 Å². The molecular weight excluding hydrogens is 623 g/mol. The van der Waals surface area contributed by atoms with E-state index in [1.165, 1.54) is 38.4 Å². The van der Waals surface area contributed by atoms with E-state index in [1.54, 1.807) is 0 Å². The Bertz CT molecular complexity index is 2740. The number of hydrogen-bond acceptors (Lipinski definition) is 3. The standard InChI is InChI=1S/C48H31NO2/c1-2-11-32(12-3-1)40-28-29-43(42-19-7-6-18-41(40)42)49(36-25-23-34(24-26-36)39-20-8-14-33-13-4-5-17-38(33)39)37-27-30-44-47(31-37)51-46-22-10-16-35-15-9-21-45(50-44)48(35)46/h1-31H. The predicted octanol–water partition coefficient (Wildman–Crippen LogP) is 13.8. The van der Waals surface area contributed by atoms with E-state index in [0.29, 0.717) is 11.5 Å². The number of fused-ring (bicyclic) bond motifs is 3. The van der Waals surface area contributed by atoms with E-state index in [-0.39, 0.29) is 0 Å². The van der Waals surface area contributed by atoms with Gasteiger partial charge in [-0.3, -0.25) is 0 Å². The monoisotopic (exact) mass is 653 g/mol. The molecule has 0 atom stereocenters. The van der Waals surface area contributed by atoms with Crippen LogP contribution in [0.5, 0.6) is 23.0 Å². The molecule has 9 aromatic rings. The lowest BCUT2D eigenvalue weighted by Crippen LogP contribution is -2.11. The maximum absolute atomic E-state index is 6.67. The fourth-order valence-corrected chi connectivity index (χ4v) is 7.52. The summed E-state index contributed by atoms with van der Waals surface area (Å²) in [4.78, 5) is 2.33. The van der Waals surface area contributed by atoms with Crippen molar-refractivity contribution in [1.82, 2.24) is 0 Å². The van der Waals surface area contributed by atoms with Crippen molar-refractivity contribution in [3.63, 3.8) is 0 Å². The Hall–Kier alpha value is -6.84. The third kappa shape index (κ3) is 4.98. The third-order valence-electron chi connectivity index (χ3n) is 9.91. The zero-order chi connectivity index (χ0) is 33.7. The summed E-state index contributed by atoms with van der Waals surface area (Å²) in [5.41, 5.74) is 7.85. The van der Waals surface area contributed by atoms with Crippen molar-refractivity contribution in [3.05, 3.63) is 188 Å². The molecule has 0 N–H and O–H groups in total. The van der Waals surface area contributed by atoms with Crippen molar-refractivity contribution < 1.29 is 9.47 Å². The maximum atomic E-state index is 6.67. The van der Waals surface area contributed by atoms with Gasteiger partial charge in [0.2, 0.25) is 0 Å². The summed E-state index contributed by atoms with van der Waals surface area (Å²) in [6.45, 7) is 0. The molecule has 51 heavy (non-hydrogen) atoms. The Kier molecular flexibility index (Phi) is 6.81. The fraction of sp³-hybridized carbons (Fsp3) is 0. The van der Waals surface area contributed by atoms with Crippen molar-refractivity contribution in [3.8, 4) is 45.3 Å². The van der Waals surface area contributed by atoms with E-state index >= 15 is 0 Å². The molecule has 1 heterocycles. The van der Waals surface area contributed by atoms with Gasteiger partial charge < -0.3 is 14.4 Å². The minimum atomic E-state index is 0.666. The van der Waals surface area contributed by atoms with Gasteiger partial charge in [-0.1, -0.05) is 140 Å². The molecule has 3 nitrogen and oxygen atoms in total. The average Bonchev–Trinajstić information content (AvgIpc) is 3.36. The number of benzene rings is 9. The molecule has 0 fully saturated rings. The fourth-order valence-electron chi connectivity index (χ4n) is 7.52. The largest absolute Gasteiger partial charge is 0.453 e. The zero-order valence-electron chi connectivity index (χ0n) is 27.7. The molecule has 1 aliphatic rings. The molecule has 10 rings (SSSR count). The molecule has 240 valence electrons. The topological polar surface area (TPSA) is 21.7 Å². The van der Waals surface area contributed by atoms with Crippen LogP contribution in [0.4, 0.5) is 17.1 Å². The summed E-state index contributed by atoms with van der Waals surface area (Å²) in [7, 11) is 0. The van der Waals surface area contributed by atoms with Gasteiger partial charge in [0.05, 0.1) is 16.8 Å². The second-order valence-electron chi connectivity index (χ2n) is 12.9. The molecule has 0 bridgehead atoms. The van der Waals surface area contributed by atoms with E-state index in [2.05, 4.69) is 163 Å². The van der Waals surface area contributed by atoms with Crippen molar-refractivity contribution in [2.45, 2.75) is 0 Å². The summed E-state index contributed by atoms with van der Waals surface area (Å²) < 4.78 is 13.2. The normalized spacial score (nSPS) is 11.8. The quantitative estimate of drug-likeness (QED) is 0.184. The van der Waals surface area contributed by atoms with Gasteiger partial charge in [-0.15, -0.1) is 0 Å². The first kappa shape index (κ1) is 29.1. The molecule has 0 aromatic heterocycles. The highest BCUT2D eigenvalue weighted by Crippen LogP contribution is 2.49. The summed E-state index contributed by atoms with van der Waals surface area (Å²) >= 11 is 0. The van der Waals surface area contributed by atoms with Gasteiger partial charge in [-0.05, 0) is 86.3 Å². The van der Waals surface area contributed by atoms with Gasteiger partial charge >= 0.3 is 0 Å². The lowest BCUT2D eigenvalue weighted by molar-refractivity contribution is 0.439. The van der Waals surface area contributed by atoms with Crippen molar-refractivity contribution in [2.24, 2.45) is 0 Å². The lowest BCUT2D eigenvalue weighted by atomic mass is 9.96. The maximum Gasteiger partial charge on any atom is 0.172 e. The summed E-state index contributed by atoms with van der Waals surface area (Å²) in [5.74, 6) is 2.91. The number of rotatable bonds is 5. The highest BCUT2D eigenvalue weighted by atomic mass is 16.5. The third-order valence-corrected chi connectivity index (χ3v) is 9.91. The molecule has 1 aliphatic heterocycles. The Morgan fingerprint density at radius 2 is 0.922 bits per heavy atom.